The molecule has 0 radical (unpaired) electrons. The van der Waals surface area contributed by atoms with E-state index in [9.17, 15) is 4.79 Å². The first-order valence-corrected chi connectivity index (χ1v) is 22.5. The van der Waals surface area contributed by atoms with Crippen LogP contribution in [0.15, 0.2) is 12.2 Å². The zero-order valence-electron chi connectivity index (χ0n) is 33.6. The molecule has 0 unspecified atom stereocenters. The molecule has 0 aliphatic rings. The van der Waals surface area contributed by atoms with Crippen molar-refractivity contribution in [1.82, 2.24) is 0 Å². The standard InChI is InChI=1S/C46H90O2/c1-4-5-6-7-8-9-10-11-21-25-28-31-34-37-40-43-46(47)48-44-41-38-35-32-29-26-23-20-18-16-14-12-13-15-17-19-22-24-27-30-33-36-39-42-45(2)3/h11,21,45H,4-10,12-20,22-44H2,1-3H3/b21-11-. The highest BCUT2D eigenvalue weighted by Gasteiger charge is 2.03. The first-order valence-electron chi connectivity index (χ1n) is 22.5. The molecule has 0 heterocycles. The lowest BCUT2D eigenvalue weighted by Crippen LogP contribution is -2.05. The van der Waals surface area contributed by atoms with Gasteiger partial charge in [-0.1, -0.05) is 232 Å². The molecule has 0 aromatic heterocycles. The molecule has 286 valence electrons. The fourth-order valence-corrected chi connectivity index (χ4v) is 6.97. The highest BCUT2D eigenvalue weighted by molar-refractivity contribution is 5.69. The van der Waals surface area contributed by atoms with Crippen LogP contribution < -0.4 is 0 Å². The largest absolute Gasteiger partial charge is 0.466 e. The molecule has 0 N–H and O–H groups in total. The van der Waals surface area contributed by atoms with Gasteiger partial charge in [0.25, 0.3) is 0 Å². The number of rotatable bonds is 41. The number of unbranched alkanes of at least 4 members (excludes halogenated alkanes) is 33. The number of ether oxygens (including phenoxy) is 1. The van der Waals surface area contributed by atoms with Crippen molar-refractivity contribution in [2.45, 2.75) is 265 Å². The molecule has 0 amide bonds. The summed E-state index contributed by atoms with van der Waals surface area (Å²) in [6.07, 6.45) is 56.0. The van der Waals surface area contributed by atoms with Gasteiger partial charge in [-0.05, 0) is 44.4 Å². The summed E-state index contributed by atoms with van der Waals surface area (Å²) in [5, 5.41) is 0. The molecule has 0 saturated carbocycles. The van der Waals surface area contributed by atoms with Crippen molar-refractivity contribution < 1.29 is 9.53 Å². The molecule has 0 atom stereocenters. The lowest BCUT2D eigenvalue weighted by Gasteiger charge is -2.06. The highest BCUT2D eigenvalue weighted by Crippen LogP contribution is 2.17. The monoisotopic (exact) mass is 675 g/mol. The fourth-order valence-electron chi connectivity index (χ4n) is 6.97. The third-order valence-corrected chi connectivity index (χ3v) is 10.3. The van der Waals surface area contributed by atoms with Gasteiger partial charge in [-0.25, -0.2) is 0 Å². The van der Waals surface area contributed by atoms with E-state index in [2.05, 4.69) is 32.9 Å². The average molecular weight is 675 g/mol. The summed E-state index contributed by atoms with van der Waals surface area (Å²) in [6, 6.07) is 0. The number of carbonyl (C=O) groups is 1. The summed E-state index contributed by atoms with van der Waals surface area (Å²) in [4.78, 5) is 12.0. The molecule has 48 heavy (non-hydrogen) atoms. The summed E-state index contributed by atoms with van der Waals surface area (Å²) in [7, 11) is 0. The minimum absolute atomic E-state index is 0.0202. The van der Waals surface area contributed by atoms with Gasteiger partial charge >= 0.3 is 5.97 Å². The first-order chi connectivity index (χ1) is 23.7. The smallest absolute Gasteiger partial charge is 0.305 e. The molecule has 0 aromatic rings. The number of allylic oxidation sites excluding steroid dienone is 2. The Kier molecular flexibility index (Phi) is 41.7. The second-order valence-corrected chi connectivity index (χ2v) is 15.9. The maximum atomic E-state index is 12.0. The molecule has 0 rings (SSSR count). The van der Waals surface area contributed by atoms with Crippen molar-refractivity contribution in [3.63, 3.8) is 0 Å². The Balaban J connectivity index is 3.16. The Morgan fingerprint density at radius 3 is 1.10 bits per heavy atom. The van der Waals surface area contributed by atoms with Gasteiger partial charge in [-0.15, -0.1) is 0 Å². The van der Waals surface area contributed by atoms with E-state index < -0.39 is 0 Å². The minimum atomic E-state index is 0.0202. The number of hydrogen-bond donors (Lipinski definition) is 0. The van der Waals surface area contributed by atoms with E-state index in [1.165, 1.54) is 218 Å². The van der Waals surface area contributed by atoms with Crippen LogP contribution in [-0.4, -0.2) is 12.6 Å². The second kappa shape index (κ2) is 42.4. The average Bonchev–Trinajstić information content (AvgIpc) is 3.08. The summed E-state index contributed by atoms with van der Waals surface area (Å²) in [6.45, 7) is 7.60. The fraction of sp³-hybridized carbons (Fsp3) is 0.935. The van der Waals surface area contributed by atoms with E-state index in [0.717, 1.165) is 25.2 Å². The Hall–Kier alpha value is -0.790. The van der Waals surface area contributed by atoms with Crippen LogP contribution in [0.1, 0.15) is 265 Å². The topological polar surface area (TPSA) is 26.3 Å². The summed E-state index contributed by atoms with van der Waals surface area (Å²) in [5.74, 6) is 0.906. The molecule has 0 aliphatic carbocycles. The van der Waals surface area contributed by atoms with Crippen molar-refractivity contribution in [1.29, 1.82) is 0 Å². The summed E-state index contributed by atoms with van der Waals surface area (Å²) >= 11 is 0. The van der Waals surface area contributed by atoms with Gasteiger partial charge in [0.05, 0.1) is 6.61 Å². The second-order valence-electron chi connectivity index (χ2n) is 15.9. The van der Waals surface area contributed by atoms with E-state index in [1.807, 2.05) is 0 Å². The number of esters is 1. The van der Waals surface area contributed by atoms with Crippen LogP contribution >= 0.6 is 0 Å². The predicted molar refractivity (Wildman–Crippen MR) is 216 cm³/mol. The van der Waals surface area contributed by atoms with Crippen molar-refractivity contribution in [3.05, 3.63) is 12.2 Å². The molecular formula is C46H90O2. The molecule has 0 aromatic carbocycles. The molecule has 2 heteroatoms. The quantitative estimate of drug-likeness (QED) is 0.0366. The van der Waals surface area contributed by atoms with E-state index >= 15 is 0 Å². The molecule has 0 fully saturated rings. The van der Waals surface area contributed by atoms with Crippen LogP contribution in [0.2, 0.25) is 0 Å². The molecular weight excluding hydrogens is 585 g/mol. The van der Waals surface area contributed by atoms with E-state index in [0.29, 0.717) is 13.0 Å². The van der Waals surface area contributed by atoms with Crippen LogP contribution in [0, 0.1) is 5.92 Å². The van der Waals surface area contributed by atoms with E-state index in [4.69, 9.17) is 4.74 Å². The van der Waals surface area contributed by atoms with Gasteiger partial charge in [-0.2, -0.15) is 0 Å². The Bertz CT molecular complexity index is 624. The number of hydrogen-bond acceptors (Lipinski definition) is 2. The Labute approximate surface area is 304 Å². The Morgan fingerprint density at radius 1 is 0.417 bits per heavy atom. The van der Waals surface area contributed by atoms with Crippen LogP contribution in [-0.2, 0) is 9.53 Å². The zero-order chi connectivity index (χ0) is 34.9. The van der Waals surface area contributed by atoms with Crippen LogP contribution in [0.3, 0.4) is 0 Å². The summed E-state index contributed by atoms with van der Waals surface area (Å²) in [5.41, 5.74) is 0. The molecule has 0 spiro atoms. The first kappa shape index (κ1) is 47.2. The van der Waals surface area contributed by atoms with E-state index in [-0.39, 0.29) is 5.97 Å². The highest BCUT2D eigenvalue weighted by atomic mass is 16.5. The van der Waals surface area contributed by atoms with Crippen molar-refractivity contribution in [2.75, 3.05) is 6.61 Å². The lowest BCUT2D eigenvalue weighted by molar-refractivity contribution is -0.143. The van der Waals surface area contributed by atoms with Gasteiger partial charge in [-0.3, -0.25) is 4.79 Å². The SMILES string of the molecule is CCCCCCCC/C=C\CCCCCCCC(=O)OCCCCCCCCCCCCCCCCCCCCCCCCCC(C)C. The van der Waals surface area contributed by atoms with Gasteiger partial charge in [0.2, 0.25) is 0 Å². The van der Waals surface area contributed by atoms with Gasteiger partial charge in [0, 0.05) is 6.42 Å². The zero-order valence-corrected chi connectivity index (χ0v) is 33.6. The maximum Gasteiger partial charge on any atom is 0.305 e. The minimum Gasteiger partial charge on any atom is -0.466 e. The van der Waals surface area contributed by atoms with Crippen LogP contribution in [0.25, 0.3) is 0 Å². The van der Waals surface area contributed by atoms with Crippen molar-refractivity contribution >= 4 is 5.97 Å². The predicted octanol–water partition coefficient (Wildman–Crippen LogP) is 16.6. The Morgan fingerprint density at radius 2 is 0.729 bits per heavy atom. The maximum absolute atomic E-state index is 12.0. The van der Waals surface area contributed by atoms with Gasteiger partial charge in [0.1, 0.15) is 0 Å². The van der Waals surface area contributed by atoms with E-state index in [1.54, 1.807) is 0 Å². The summed E-state index contributed by atoms with van der Waals surface area (Å²) < 4.78 is 5.47. The molecule has 0 aliphatic heterocycles. The van der Waals surface area contributed by atoms with Crippen molar-refractivity contribution in [2.24, 2.45) is 5.92 Å². The van der Waals surface area contributed by atoms with Gasteiger partial charge < -0.3 is 4.74 Å². The van der Waals surface area contributed by atoms with Crippen LogP contribution in [0.5, 0.6) is 0 Å². The molecule has 0 saturated heterocycles. The van der Waals surface area contributed by atoms with Crippen LogP contribution in [0.4, 0.5) is 0 Å². The van der Waals surface area contributed by atoms with Crippen molar-refractivity contribution in [3.8, 4) is 0 Å². The third-order valence-electron chi connectivity index (χ3n) is 10.3. The van der Waals surface area contributed by atoms with Gasteiger partial charge in [0.15, 0.2) is 0 Å². The number of carbonyl (C=O) groups excluding carboxylic acids is 1. The lowest BCUT2D eigenvalue weighted by atomic mass is 10.0. The molecule has 2 nitrogen and oxygen atoms in total. The molecule has 0 bridgehead atoms. The normalized spacial score (nSPS) is 11.8. The third kappa shape index (κ3) is 43.2.